The number of hydrogen-bond donors (Lipinski definition) is 2. The molecule has 1 saturated heterocycles. The van der Waals surface area contributed by atoms with Gasteiger partial charge in [0.25, 0.3) is 0 Å². The Kier molecular flexibility index (Phi) is 4.80. The number of aromatic nitrogens is 4. The zero-order chi connectivity index (χ0) is 18.1. The number of amides is 1. The topological polar surface area (TPSA) is 78.8 Å². The summed E-state index contributed by atoms with van der Waals surface area (Å²) in [6.45, 7) is 3.60. The van der Waals surface area contributed by atoms with E-state index in [1.807, 2.05) is 25.4 Å². The lowest BCUT2D eigenvalue weighted by atomic mass is 10.0. The normalized spacial score (nSPS) is 26.5. The molecule has 2 N–H and O–H groups in total. The largest absolute Gasteiger partial charge is 0.309 e. The number of H-pyrrole nitrogens is 1. The van der Waals surface area contributed by atoms with Crippen molar-refractivity contribution in [3.63, 3.8) is 0 Å². The van der Waals surface area contributed by atoms with E-state index in [4.69, 9.17) is 0 Å². The van der Waals surface area contributed by atoms with Crippen molar-refractivity contribution < 1.29 is 4.79 Å². The second-order valence-electron chi connectivity index (χ2n) is 7.81. The van der Waals surface area contributed by atoms with Crippen molar-refractivity contribution in [2.75, 3.05) is 11.9 Å². The molecule has 1 saturated carbocycles. The molecule has 1 amide bonds. The molecule has 0 bridgehead atoms. The number of likely N-dealkylation sites (tertiary alicyclic amines) is 1. The van der Waals surface area contributed by atoms with Gasteiger partial charge in [0.2, 0.25) is 5.91 Å². The maximum Gasteiger partial charge on any atom is 0.231 e. The highest BCUT2D eigenvalue weighted by atomic mass is 16.1. The summed E-state index contributed by atoms with van der Waals surface area (Å²) in [6.07, 6.45) is 8.41. The number of carbonyl (C=O) groups excluding carboxylic acids is 1. The van der Waals surface area contributed by atoms with Gasteiger partial charge in [0.05, 0.1) is 12.1 Å². The van der Waals surface area contributed by atoms with Crippen LogP contribution in [0.25, 0.3) is 0 Å². The van der Waals surface area contributed by atoms with E-state index in [0.29, 0.717) is 17.8 Å². The third-order valence-corrected chi connectivity index (χ3v) is 5.89. The number of hydrogen-bond acceptors (Lipinski definition) is 4. The summed E-state index contributed by atoms with van der Waals surface area (Å²) in [6, 6.07) is 5.27. The van der Waals surface area contributed by atoms with Crippen molar-refractivity contribution in [1.29, 1.82) is 0 Å². The van der Waals surface area contributed by atoms with Crippen molar-refractivity contribution in [3.8, 4) is 0 Å². The number of nitrogens with one attached hydrogen (secondary N) is 2. The molecule has 4 rings (SSSR count). The second kappa shape index (κ2) is 7.23. The molecule has 2 fully saturated rings. The van der Waals surface area contributed by atoms with Crippen molar-refractivity contribution in [3.05, 3.63) is 29.7 Å². The summed E-state index contributed by atoms with van der Waals surface area (Å²) in [5.74, 6) is 1.04. The monoisotopic (exact) mass is 356 g/mol. The molecule has 3 heterocycles. The van der Waals surface area contributed by atoms with E-state index >= 15 is 0 Å². The quantitative estimate of drug-likeness (QED) is 0.862. The van der Waals surface area contributed by atoms with Gasteiger partial charge in [-0.25, -0.2) is 0 Å². The average molecular weight is 356 g/mol. The molecule has 7 heteroatoms. The van der Waals surface area contributed by atoms with Crippen LogP contribution in [-0.4, -0.2) is 49.4 Å². The third kappa shape index (κ3) is 3.67. The molecule has 0 radical (unpaired) electrons. The first-order valence-electron chi connectivity index (χ1n) is 9.68. The Morgan fingerprint density at radius 1 is 1.38 bits per heavy atom. The van der Waals surface area contributed by atoms with E-state index in [1.54, 1.807) is 4.68 Å². The van der Waals surface area contributed by atoms with Gasteiger partial charge in [-0.2, -0.15) is 10.2 Å². The van der Waals surface area contributed by atoms with Gasteiger partial charge >= 0.3 is 0 Å². The van der Waals surface area contributed by atoms with Crippen LogP contribution in [0.3, 0.4) is 0 Å². The van der Waals surface area contributed by atoms with Crippen molar-refractivity contribution in [1.82, 2.24) is 24.9 Å². The molecule has 2 aromatic heterocycles. The molecule has 26 heavy (non-hydrogen) atoms. The van der Waals surface area contributed by atoms with Gasteiger partial charge in [0.15, 0.2) is 5.82 Å². The molecule has 140 valence electrons. The van der Waals surface area contributed by atoms with Crippen LogP contribution in [0.4, 0.5) is 5.82 Å². The Hall–Kier alpha value is -2.15. The molecular formula is C19H28N6O. The molecular weight excluding hydrogens is 328 g/mol. The number of rotatable bonds is 5. The van der Waals surface area contributed by atoms with Gasteiger partial charge < -0.3 is 5.32 Å². The highest BCUT2D eigenvalue weighted by Gasteiger charge is 2.34. The van der Waals surface area contributed by atoms with Crippen LogP contribution in [0.1, 0.15) is 56.3 Å². The maximum atomic E-state index is 12.2. The van der Waals surface area contributed by atoms with Crippen LogP contribution in [0.5, 0.6) is 0 Å². The summed E-state index contributed by atoms with van der Waals surface area (Å²) in [4.78, 5) is 14.8. The Labute approximate surface area is 154 Å². The minimum absolute atomic E-state index is 0.0862. The molecule has 2 aliphatic rings. The van der Waals surface area contributed by atoms with Crippen LogP contribution < -0.4 is 5.32 Å². The number of carbonyl (C=O) groups is 1. The smallest absolute Gasteiger partial charge is 0.231 e. The summed E-state index contributed by atoms with van der Waals surface area (Å²) in [7, 11) is 1.85. The number of aromatic amines is 1. The van der Waals surface area contributed by atoms with E-state index in [9.17, 15) is 4.79 Å². The van der Waals surface area contributed by atoms with Crippen LogP contribution in [0.2, 0.25) is 0 Å². The Bertz CT molecular complexity index is 766. The highest BCUT2D eigenvalue weighted by Crippen LogP contribution is 2.38. The van der Waals surface area contributed by atoms with Crippen LogP contribution in [0, 0.1) is 0 Å². The van der Waals surface area contributed by atoms with Gasteiger partial charge in [-0.3, -0.25) is 19.5 Å². The van der Waals surface area contributed by atoms with E-state index < -0.39 is 0 Å². The van der Waals surface area contributed by atoms with E-state index in [-0.39, 0.29) is 12.3 Å². The lowest BCUT2D eigenvalue weighted by Crippen LogP contribution is -2.35. The minimum atomic E-state index is -0.0862. The molecule has 1 aliphatic carbocycles. The second-order valence-corrected chi connectivity index (χ2v) is 7.81. The number of anilines is 1. The highest BCUT2D eigenvalue weighted by molar-refractivity contribution is 5.91. The summed E-state index contributed by atoms with van der Waals surface area (Å²) >= 11 is 0. The fraction of sp³-hybridized carbons (Fsp3) is 0.632. The zero-order valence-corrected chi connectivity index (χ0v) is 15.6. The van der Waals surface area contributed by atoms with E-state index in [0.717, 1.165) is 17.4 Å². The van der Waals surface area contributed by atoms with E-state index in [2.05, 4.69) is 32.4 Å². The first-order chi connectivity index (χ1) is 12.6. The van der Waals surface area contributed by atoms with Crippen LogP contribution in [0.15, 0.2) is 18.3 Å². The lowest BCUT2D eigenvalue weighted by Gasteiger charge is -2.28. The third-order valence-electron chi connectivity index (χ3n) is 5.89. The van der Waals surface area contributed by atoms with Crippen molar-refractivity contribution in [2.24, 2.45) is 7.05 Å². The summed E-state index contributed by atoms with van der Waals surface area (Å²) in [5.41, 5.74) is 1.91. The van der Waals surface area contributed by atoms with Gasteiger partial charge in [0, 0.05) is 43.0 Å². The molecule has 1 aliphatic heterocycles. The predicted molar refractivity (Wildman–Crippen MR) is 99.9 cm³/mol. The summed E-state index contributed by atoms with van der Waals surface area (Å²) < 4.78 is 1.70. The van der Waals surface area contributed by atoms with Crippen molar-refractivity contribution in [2.45, 2.75) is 63.5 Å². The molecule has 2 aromatic rings. The van der Waals surface area contributed by atoms with E-state index in [1.165, 1.54) is 38.6 Å². The minimum Gasteiger partial charge on any atom is -0.309 e. The zero-order valence-electron chi connectivity index (χ0n) is 15.6. The van der Waals surface area contributed by atoms with Crippen LogP contribution >= 0.6 is 0 Å². The Balaban J connectivity index is 1.32. The predicted octanol–water partition coefficient (Wildman–Crippen LogP) is 2.44. The van der Waals surface area contributed by atoms with Gasteiger partial charge in [-0.15, -0.1) is 0 Å². The molecule has 3 atom stereocenters. The molecule has 7 nitrogen and oxygen atoms in total. The average Bonchev–Trinajstić information content (AvgIpc) is 3.35. The first-order valence-corrected chi connectivity index (χ1v) is 9.68. The fourth-order valence-corrected chi connectivity index (χ4v) is 4.56. The number of nitrogens with zero attached hydrogens (tertiary/aromatic N) is 4. The van der Waals surface area contributed by atoms with Crippen molar-refractivity contribution >= 4 is 11.7 Å². The molecule has 0 spiro atoms. The fourth-order valence-electron chi connectivity index (χ4n) is 4.56. The number of aryl methyl sites for hydroxylation is 1. The SMILES string of the molecule is C[C@H]1CCCN1[C@@H]1CC[C@H](c2cc(NC(=O)Cc3ccn(C)n3)n[nH]2)C1. The standard InChI is InChI=1S/C19H28N6O/c1-13-4-3-8-25(13)16-6-5-14(10-16)17-12-18(22-21-17)20-19(26)11-15-7-9-24(2)23-15/h7,9,12-14,16H,3-6,8,10-11H2,1-2H3,(H2,20,21,22,26)/t13-,14-,16+/m0/s1. The Morgan fingerprint density at radius 3 is 3.00 bits per heavy atom. The molecule has 0 unspecified atom stereocenters. The molecule has 0 aromatic carbocycles. The lowest BCUT2D eigenvalue weighted by molar-refractivity contribution is -0.115. The van der Waals surface area contributed by atoms with Crippen LogP contribution in [-0.2, 0) is 18.3 Å². The van der Waals surface area contributed by atoms with Gasteiger partial charge in [-0.05, 0) is 51.6 Å². The Morgan fingerprint density at radius 2 is 2.27 bits per heavy atom. The van der Waals surface area contributed by atoms with Gasteiger partial charge in [0.1, 0.15) is 0 Å². The summed E-state index contributed by atoms with van der Waals surface area (Å²) in [5, 5.41) is 14.5. The maximum absolute atomic E-state index is 12.2. The first kappa shape index (κ1) is 17.3. The van der Waals surface area contributed by atoms with Gasteiger partial charge in [-0.1, -0.05) is 0 Å².